The number of hydrogen-bond donors (Lipinski definition) is 1. The highest BCUT2D eigenvalue weighted by atomic mass is 15.3. The molecule has 0 bridgehead atoms. The average molecular weight is 148 g/mol. The van der Waals surface area contributed by atoms with Gasteiger partial charge in [0.1, 0.15) is 0 Å². The Morgan fingerprint density at radius 2 is 2.55 bits per heavy atom. The Kier molecular flexibility index (Phi) is 1.44. The third-order valence-electron chi connectivity index (χ3n) is 1.45. The van der Waals surface area contributed by atoms with Gasteiger partial charge in [0.25, 0.3) is 0 Å². The van der Waals surface area contributed by atoms with Gasteiger partial charge in [-0.2, -0.15) is 5.10 Å². The first-order valence-electron chi connectivity index (χ1n) is 3.40. The standard InChI is InChI=1S/C7H8N4/c1-2-10-11(3-1)5-7-4-8-6-9-7/h1-4,6H,5H2,(H,8,9). The second-order valence-electron chi connectivity index (χ2n) is 2.28. The minimum absolute atomic E-state index is 0.757. The quantitative estimate of drug-likeness (QED) is 0.679. The van der Waals surface area contributed by atoms with Gasteiger partial charge in [-0.05, 0) is 6.07 Å². The Morgan fingerprint density at radius 3 is 3.18 bits per heavy atom. The summed E-state index contributed by atoms with van der Waals surface area (Å²) >= 11 is 0. The Balaban J connectivity index is 2.14. The van der Waals surface area contributed by atoms with Crippen LogP contribution >= 0.6 is 0 Å². The van der Waals surface area contributed by atoms with Gasteiger partial charge < -0.3 is 4.98 Å². The maximum Gasteiger partial charge on any atom is 0.0922 e. The molecule has 0 atom stereocenters. The van der Waals surface area contributed by atoms with Crippen molar-refractivity contribution >= 4 is 0 Å². The number of rotatable bonds is 2. The van der Waals surface area contributed by atoms with Crippen LogP contribution in [0.15, 0.2) is 31.0 Å². The Morgan fingerprint density at radius 1 is 1.55 bits per heavy atom. The van der Waals surface area contributed by atoms with Crippen LogP contribution < -0.4 is 0 Å². The first-order valence-corrected chi connectivity index (χ1v) is 3.40. The van der Waals surface area contributed by atoms with Crippen molar-refractivity contribution < 1.29 is 0 Å². The van der Waals surface area contributed by atoms with Crippen LogP contribution in [0.1, 0.15) is 5.69 Å². The van der Waals surface area contributed by atoms with Crippen LogP contribution in [0, 0.1) is 0 Å². The molecule has 0 radical (unpaired) electrons. The zero-order valence-corrected chi connectivity index (χ0v) is 5.94. The molecular formula is C7H8N4. The average Bonchev–Trinajstić information content (AvgIpc) is 2.60. The van der Waals surface area contributed by atoms with Crippen LogP contribution in [0.5, 0.6) is 0 Å². The van der Waals surface area contributed by atoms with Crippen molar-refractivity contribution in [3.63, 3.8) is 0 Å². The van der Waals surface area contributed by atoms with Crippen molar-refractivity contribution in [2.75, 3.05) is 0 Å². The van der Waals surface area contributed by atoms with E-state index in [1.54, 1.807) is 18.7 Å². The van der Waals surface area contributed by atoms with E-state index in [2.05, 4.69) is 15.1 Å². The van der Waals surface area contributed by atoms with Crippen molar-refractivity contribution in [3.8, 4) is 0 Å². The molecule has 2 aromatic rings. The molecule has 0 unspecified atom stereocenters. The molecule has 1 N–H and O–H groups in total. The molecule has 0 saturated heterocycles. The molecule has 0 saturated carbocycles. The van der Waals surface area contributed by atoms with Gasteiger partial charge in [0.05, 0.1) is 18.6 Å². The van der Waals surface area contributed by atoms with E-state index in [-0.39, 0.29) is 0 Å². The summed E-state index contributed by atoms with van der Waals surface area (Å²) in [5.74, 6) is 0. The lowest BCUT2D eigenvalue weighted by Gasteiger charge is -1.95. The van der Waals surface area contributed by atoms with Crippen LogP contribution in [-0.4, -0.2) is 19.7 Å². The van der Waals surface area contributed by atoms with Gasteiger partial charge in [0.15, 0.2) is 0 Å². The van der Waals surface area contributed by atoms with Gasteiger partial charge in [-0.3, -0.25) is 4.68 Å². The van der Waals surface area contributed by atoms with Crippen molar-refractivity contribution in [2.24, 2.45) is 0 Å². The third kappa shape index (κ3) is 1.29. The summed E-state index contributed by atoms with van der Waals surface area (Å²) in [6.45, 7) is 0.757. The van der Waals surface area contributed by atoms with Gasteiger partial charge in [-0.15, -0.1) is 0 Å². The zero-order valence-electron chi connectivity index (χ0n) is 5.94. The molecular weight excluding hydrogens is 140 g/mol. The fraction of sp³-hybridized carbons (Fsp3) is 0.143. The highest BCUT2D eigenvalue weighted by Crippen LogP contribution is 1.94. The maximum absolute atomic E-state index is 4.06. The molecule has 4 heteroatoms. The monoisotopic (exact) mass is 148 g/mol. The van der Waals surface area contributed by atoms with Crippen molar-refractivity contribution in [1.29, 1.82) is 0 Å². The number of imidazole rings is 1. The van der Waals surface area contributed by atoms with Crippen molar-refractivity contribution in [1.82, 2.24) is 19.7 Å². The van der Waals surface area contributed by atoms with Gasteiger partial charge in [-0.1, -0.05) is 0 Å². The van der Waals surface area contributed by atoms with Crippen LogP contribution in [0.4, 0.5) is 0 Å². The van der Waals surface area contributed by atoms with E-state index < -0.39 is 0 Å². The number of hydrogen-bond acceptors (Lipinski definition) is 2. The zero-order chi connectivity index (χ0) is 7.52. The van der Waals surface area contributed by atoms with Gasteiger partial charge in [0, 0.05) is 18.6 Å². The van der Waals surface area contributed by atoms with Gasteiger partial charge in [0.2, 0.25) is 0 Å². The lowest BCUT2D eigenvalue weighted by atomic mass is 10.5. The number of nitrogens with zero attached hydrogens (tertiary/aromatic N) is 3. The molecule has 0 fully saturated rings. The normalized spacial score (nSPS) is 10.2. The first-order chi connectivity index (χ1) is 5.45. The first kappa shape index (κ1) is 6.15. The molecule has 2 aromatic heterocycles. The van der Waals surface area contributed by atoms with E-state index in [0.717, 1.165) is 12.2 Å². The summed E-state index contributed by atoms with van der Waals surface area (Å²) in [4.78, 5) is 6.91. The van der Waals surface area contributed by atoms with E-state index in [9.17, 15) is 0 Å². The Hall–Kier alpha value is -1.58. The molecule has 0 amide bonds. The number of nitrogens with one attached hydrogen (secondary N) is 1. The molecule has 2 rings (SSSR count). The molecule has 0 aliphatic heterocycles. The largest absolute Gasteiger partial charge is 0.347 e. The predicted octanol–water partition coefficient (Wildman–Crippen LogP) is 0.655. The van der Waals surface area contributed by atoms with Crippen LogP contribution in [-0.2, 0) is 6.54 Å². The molecule has 56 valence electrons. The summed E-state index contributed by atoms with van der Waals surface area (Å²) in [5.41, 5.74) is 1.06. The van der Waals surface area contributed by atoms with E-state index in [1.165, 1.54) is 0 Å². The molecule has 11 heavy (non-hydrogen) atoms. The number of aromatic amines is 1. The fourth-order valence-electron chi connectivity index (χ4n) is 0.940. The van der Waals surface area contributed by atoms with Crippen molar-refractivity contribution in [3.05, 3.63) is 36.7 Å². The van der Waals surface area contributed by atoms with E-state index >= 15 is 0 Å². The van der Waals surface area contributed by atoms with Gasteiger partial charge >= 0.3 is 0 Å². The molecule has 0 spiro atoms. The highest BCUT2D eigenvalue weighted by Gasteiger charge is 1.93. The molecule has 0 aliphatic rings. The molecule has 0 aromatic carbocycles. The number of aromatic nitrogens is 4. The maximum atomic E-state index is 4.06. The summed E-state index contributed by atoms with van der Waals surface area (Å²) in [6.07, 6.45) is 7.14. The summed E-state index contributed by atoms with van der Waals surface area (Å²) in [5, 5.41) is 4.06. The smallest absolute Gasteiger partial charge is 0.0922 e. The second kappa shape index (κ2) is 2.57. The summed E-state index contributed by atoms with van der Waals surface area (Å²) in [6, 6.07) is 1.90. The lowest BCUT2D eigenvalue weighted by Crippen LogP contribution is -1.99. The SMILES string of the molecule is c1cnn(Cc2cnc[nH]2)c1. The van der Waals surface area contributed by atoms with Gasteiger partial charge in [-0.25, -0.2) is 4.98 Å². The second-order valence-corrected chi connectivity index (χ2v) is 2.28. The fourth-order valence-corrected chi connectivity index (χ4v) is 0.940. The Bertz CT molecular complexity index is 263. The summed E-state index contributed by atoms with van der Waals surface area (Å²) < 4.78 is 1.84. The molecule has 2 heterocycles. The Labute approximate surface area is 63.9 Å². The van der Waals surface area contributed by atoms with E-state index in [1.807, 2.05) is 16.9 Å². The van der Waals surface area contributed by atoms with E-state index in [0.29, 0.717) is 0 Å². The minimum Gasteiger partial charge on any atom is -0.347 e. The number of H-pyrrole nitrogens is 1. The summed E-state index contributed by atoms with van der Waals surface area (Å²) in [7, 11) is 0. The van der Waals surface area contributed by atoms with E-state index in [4.69, 9.17) is 0 Å². The van der Waals surface area contributed by atoms with Crippen LogP contribution in [0.2, 0.25) is 0 Å². The lowest BCUT2D eigenvalue weighted by molar-refractivity contribution is 0.675. The molecule has 4 nitrogen and oxygen atoms in total. The van der Waals surface area contributed by atoms with Crippen LogP contribution in [0.25, 0.3) is 0 Å². The molecule has 0 aliphatic carbocycles. The van der Waals surface area contributed by atoms with Crippen molar-refractivity contribution in [2.45, 2.75) is 6.54 Å². The highest BCUT2D eigenvalue weighted by molar-refractivity contribution is 4.95. The minimum atomic E-state index is 0.757. The predicted molar refractivity (Wildman–Crippen MR) is 39.9 cm³/mol. The topological polar surface area (TPSA) is 46.5 Å². The third-order valence-corrected chi connectivity index (χ3v) is 1.45. The van der Waals surface area contributed by atoms with Crippen LogP contribution in [0.3, 0.4) is 0 Å².